The van der Waals surface area contributed by atoms with E-state index in [-0.39, 0.29) is 34.5 Å². The Bertz CT molecular complexity index is 662. The van der Waals surface area contributed by atoms with Crippen LogP contribution in [0.5, 0.6) is 0 Å². The van der Waals surface area contributed by atoms with Crippen molar-refractivity contribution in [3.8, 4) is 6.07 Å². The van der Waals surface area contributed by atoms with Crippen LogP contribution in [0.2, 0.25) is 0 Å². The summed E-state index contributed by atoms with van der Waals surface area (Å²) in [5, 5.41) is 8.65. The van der Waals surface area contributed by atoms with E-state index in [2.05, 4.69) is 0 Å². The largest absolute Gasteiger partial charge is 0.399 e. The number of anilines is 1. The molecule has 0 fully saturated rings. The smallest absolute Gasteiger partial charge is 0.253 e. The lowest BCUT2D eigenvalue weighted by Crippen LogP contribution is -2.34. The van der Waals surface area contributed by atoms with Crippen molar-refractivity contribution in [2.75, 3.05) is 19.0 Å². The Balaban J connectivity index is 3.18. The second kappa shape index (κ2) is 5.92. The summed E-state index contributed by atoms with van der Waals surface area (Å²) in [4.78, 5) is 13.7. The standard InChI is InChI=1S/C13H17N3O3S/c1-9(4-5-14)16(2)13(17)10-6-11(15)8-12(7-10)20(3,18)19/h6-9H,4,15H2,1-3H3. The van der Waals surface area contributed by atoms with Gasteiger partial charge in [-0.1, -0.05) is 0 Å². The predicted octanol–water partition coefficient (Wildman–Crippen LogP) is 1.05. The lowest BCUT2D eigenvalue weighted by atomic mass is 10.1. The van der Waals surface area contributed by atoms with Crippen molar-refractivity contribution in [2.45, 2.75) is 24.3 Å². The quantitative estimate of drug-likeness (QED) is 0.836. The summed E-state index contributed by atoms with van der Waals surface area (Å²) in [6, 6.07) is 5.75. The second-order valence-corrected chi connectivity index (χ2v) is 6.71. The normalized spacial score (nSPS) is 12.5. The molecule has 20 heavy (non-hydrogen) atoms. The first kappa shape index (κ1) is 16.0. The highest BCUT2D eigenvalue weighted by Crippen LogP contribution is 2.19. The van der Waals surface area contributed by atoms with E-state index >= 15 is 0 Å². The van der Waals surface area contributed by atoms with Gasteiger partial charge in [0, 0.05) is 30.6 Å². The topological polar surface area (TPSA) is 104 Å². The van der Waals surface area contributed by atoms with Gasteiger partial charge in [-0.25, -0.2) is 8.42 Å². The Labute approximate surface area is 118 Å². The minimum Gasteiger partial charge on any atom is -0.399 e. The molecule has 0 radical (unpaired) electrons. The SMILES string of the molecule is CC(CC#N)N(C)C(=O)c1cc(N)cc(S(C)(=O)=O)c1. The Kier molecular flexibility index (Phi) is 4.73. The van der Waals surface area contributed by atoms with Crippen LogP contribution in [-0.2, 0) is 9.84 Å². The number of nitrogen functional groups attached to an aromatic ring is 1. The summed E-state index contributed by atoms with van der Waals surface area (Å²) in [6.07, 6.45) is 1.25. The fourth-order valence-electron chi connectivity index (χ4n) is 1.63. The molecule has 1 unspecified atom stereocenters. The first-order chi connectivity index (χ1) is 9.16. The van der Waals surface area contributed by atoms with Gasteiger partial charge < -0.3 is 10.6 Å². The van der Waals surface area contributed by atoms with Crippen LogP contribution in [0.1, 0.15) is 23.7 Å². The molecule has 1 aromatic carbocycles. The number of carbonyl (C=O) groups is 1. The lowest BCUT2D eigenvalue weighted by molar-refractivity contribution is 0.0746. The van der Waals surface area contributed by atoms with Gasteiger partial charge in [-0.3, -0.25) is 4.79 Å². The minimum absolute atomic E-state index is 0.00202. The van der Waals surface area contributed by atoms with Crippen LogP contribution in [0.3, 0.4) is 0 Å². The monoisotopic (exact) mass is 295 g/mol. The molecule has 1 rings (SSSR count). The molecule has 0 spiro atoms. The van der Waals surface area contributed by atoms with Gasteiger partial charge in [-0.05, 0) is 25.1 Å². The average Bonchev–Trinajstić information content (AvgIpc) is 2.35. The van der Waals surface area contributed by atoms with Crippen molar-refractivity contribution in [2.24, 2.45) is 0 Å². The Morgan fingerprint density at radius 3 is 2.55 bits per heavy atom. The van der Waals surface area contributed by atoms with Gasteiger partial charge in [0.05, 0.1) is 17.4 Å². The molecule has 0 aliphatic rings. The molecule has 0 saturated heterocycles. The number of amides is 1. The number of rotatable bonds is 4. The summed E-state index contributed by atoms with van der Waals surface area (Å²) in [5.41, 5.74) is 6.04. The molecule has 0 aromatic heterocycles. The number of hydrogen-bond acceptors (Lipinski definition) is 5. The van der Waals surface area contributed by atoms with E-state index < -0.39 is 9.84 Å². The van der Waals surface area contributed by atoms with Gasteiger partial charge in [0.2, 0.25) is 0 Å². The maximum atomic E-state index is 12.3. The molecular formula is C13H17N3O3S. The molecule has 0 aliphatic carbocycles. The maximum Gasteiger partial charge on any atom is 0.253 e. The third-order valence-electron chi connectivity index (χ3n) is 2.97. The zero-order valence-corrected chi connectivity index (χ0v) is 12.4. The summed E-state index contributed by atoms with van der Waals surface area (Å²) in [6.45, 7) is 1.74. The number of nitrogens with two attached hydrogens (primary N) is 1. The van der Waals surface area contributed by atoms with Crippen molar-refractivity contribution < 1.29 is 13.2 Å². The first-order valence-corrected chi connectivity index (χ1v) is 7.80. The van der Waals surface area contributed by atoms with E-state index in [0.29, 0.717) is 0 Å². The summed E-state index contributed by atoms with van der Waals surface area (Å²) in [5.74, 6) is -0.370. The average molecular weight is 295 g/mol. The van der Waals surface area contributed by atoms with Gasteiger partial charge in [0.25, 0.3) is 5.91 Å². The highest BCUT2D eigenvalue weighted by molar-refractivity contribution is 7.90. The number of nitriles is 1. The van der Waals surface area contributed by atoms with Gasteiger partial charge in [0.1, 0.15) is 0 Å². The van der Waals surface area contributed by atoms with E-state index in [9.17, 15) is 13.2 Å². The van der Waals surface area contributed by atoms with Crippen molar-refractivity contribution in [3.63, 3.8) is 0 Å². The molecular weight excluding hydrogens is 278 g/mol. The third kappa shape index (κ3) is 3.71. The summed E-state index contributed by atoms with van der Waals surface area (Å²) >= 11 is 0. The third-order valence-corrected chi connectivity index (χ3v) is 4.06. The fraction of sp³-hybridized carbons (Fsp3) is 0.385. The Morgan fingerprint density at radius 1 is 1.45 bits per heavy atom. The van der Waals surface area contributed by atoms with Crippen molar-refractivity contribution in [1.82, 2.24) is 4.90 Å². The maximum absolute atomic E-state index is 12.3. The molecule has 0 saturated carbocycles. The highest BCUT2D eigenvalue weighted by atomic mass is 32.2. The Morgan fingerprint density at radius 2 is 2.05 bits per heavy atom. The zero-order valence-electron chi connectivity index (χ0n) is 11.6. The molecule has 7 heteroatoms. The van der Waals surface area contributed by atoms with Gasteiger partial charge >= 0.3 is 0 Å². The molecule has 0 bridgehead atoms. The van der Waals surface area contributed by atoms with E-state index in [0.717, 1.165) is 6.26 Å². The molecule has 0 heterocycles. The van der Waals surface area contributed by atoms with Crippen LogP contribution in [0.25, 0.3) is 0 Å². The molecule has 6 nitrogen and oxygen atoms in total. The summed E-state index contributed by atoms with van der Waals surface area (Å²) < 4.78 is 23.1. The van der Waals surface area contributed by atoms with E-state index in [4.69, 9.17) is 11.0 Å². The second-order valence-electron chi connectivity index (χ2n) is 4.69. The number of benzene rings is 1. The predicted molar refractivity (Wildman–Crippen MR) is 75.7 cm³/mol. The van der Waals surface area contributed by atoms with E-state index in [1.807, 2.05) is 6.07 Å². The number of sulfone groups is 1. The minimum atomic E-state index is -3.44. The molecule has 1 amide bonds. The Hall–Kier alpha value is -2.07. The number of hydrogen-bond donors (Lipinski definition) is 1. The van der Waals surface area contributed by atoms with Crippen LogP contribution in [0.4, 0.5) is 5.69 Å². The van der Waals surface area contributed by atoms with E-state index in [1.165, 1.54) is 23.1 Å². The fourth-order valence-corrected chi connectivity index (χ4v) is 2.32. The van der Waals surface area contributed by atoms with Gasteiger partial charge in [-0.2, -0.15) is 5.26 Å². The summed E-state index contributed by atoms with van der Waals surface area (Å²) in [7, 11) is -1.88. The highest BCUT2D eigenvalue weighted by Gasteiger charge is 2.19. The van der Waals surface area contributed by atoms with E-state index in [1.54, 1.807) is 14.0 Å². The molecule has 108 valence electrons. The molecule has 1 aromatic rings. The number of carbonyl (C=O) groups excluding carboxylic acids is 1. The van der Waals surface area contributed by atoms with Crippen molar-refractivity contribution in [3.05, 3.63) is 23.8 Å². The van der Waals surface area contributed by atoms with Crippen LogP contribution in [0, 0.1) is 11.3 Å². The van der Waals surface area contributed by atoms with Crippen LogP contribution in [0.15, 0.2) is 23.1 Å². The van der Waals surface area contributed by atoms with Crippen LogP contribution < -0.4 is 5.73 Å². The van der Waals surface area contributed by atoms with Gasteiger partial charge in [0.15, 0.2) is 9.84 Å². The van der Waals surface area contributed by atoms with Gasteiger partial charge in [-0.15, -0.1) is 0 Å². The number of nitrogens with zero attached hydrogens (tertiary/aromatic N) is 2. The molecule has 1 atom stereocenters. The first-order valence-electron chi connectivity index (χ1n) is 5.91. The van der Waals surface area contributed by atoms with Crippen molar-refractivity contribution in [1.29, 1.82) is 5.26 Å². The molecule has 0 aliphatic heterocycles. The lowest BCUT2D eigenvalue weighted by Gasteiger charge is -2.23. The zero-order chi connectivity index (χ0) is 15.5. The van der Waals surface area contributed by atoms with Crippen LogP contribution >= 0.6 is 0 Å². The van der Waals surface area contributed by atoms with Crippen molar-refractivity contribution >= 4 is 21.4 Å². The molecule has 2 N–H and O–H groups in total. The van der Waals surface area contributed by atoms with Crippen LogP contribution in [-0.4, -0.2) is 38.6 Å².